The SMILES string of the molecule is C.CC(=O)c1ccc(Cl)cc1. The zero-order chi connectivity index (χ0) is 7.56. The average Bonchev–Trinajstić information content (AvgIpc) is 1.88. The minimum Gasteiger partial charge on any atom is -0.295 e. The molecule has 0 spiro atoms. The Morgan fingerprint density at radius 3 is 2.09 bits per heavy atom. The number of hydrogen-bond acceptors (Lipinski definition) is 1. The van der Waals surface area contributed by atoms with Crippen molar-refractivity contribution in [1.29, 1.82) is 0 Å². The van der Waals surface area contributed by atoms with Crippen molar-refractivity contribution in [1.82, 2.24) is 0 Å². The molecule has 0 unspecified atom stereocenters. The van der Waals surface area contributed by atoms with Gasteiger partial charge in [-0.3, -0.25) is 4.79 Å². The number of carbonyl (C=O) groups excluding carboxylic acids is 1. The van der Waals surface area contributed by atoms with Crippen LogP contribution in [0.1, 0.15) is 24.7 Å². The van der Waals surface area contributed by atoms with Crippen LogP contribution < -0.4 is 0 Å². The molecule has 11 heavy (non-hydrogen) atoms. The lowest BCUT2D eigenvalue weighted by Gasteiger charge is -1.92. The van der Waals surface area contributed by atoms with Crippen molar-refractivity contribution in [2.24, 2.45) is 0 Å². The summed E-state index contributed by atoms with van der Waals surface area (Å²) in [6, 6.07) is 6.84. The lowest BCUT2D eigenvalue weighted by Crippen LogP contribution is -1.89. The average molecular weight is 171 g/mol. The van der Waals surface area contributed by atoms with Crippen LogP contribution >= 0.6 is 11.6 Å². The maximum Gasteiger partial charge on any atom is 0.159 e. The van der Waals surface area contributed by atoms with Crippen LogP contribution in [0.25, 0.3) is 0 Å². The quantitative estimate of drug-likeness (QED) is 0.592. The lowest BCUT2D eigenvalue weighted by atomic mass is 10.2. The van der Waals surface area contributed by atoms with Crippen LogP contribution in [0.5, 0.6) is 0 Å². The van der Waals surface area contributed by atoms with Crippen molar-refractivity contribution >= 4 is 17.4 Å². The first-order chi connectivity index (χ1) is 4.70. The Kier molecular flexibility index (Phi) is 3.83. The Bertz CT molecular complexity index is 238. The highest BCUT2D eigenvalue weighted by atomic mass is 35.5. The van der Waals surface area contributed by atoms with Gasteiger partial charge in [0.1, 0.15) is 0 Å². The summed E-state index contributed by atoms with van der Waals surface area (Å²) in [4.78, 5) is 10.7. The first-order valence-electron chi connectivity index (χ1n) is 2.96. The van der Waals surface area contributed by atoms with Gasteiger partial charge in [-0.2, -0.15) is 0 Å². The second-order valence-corrected chi connectivity index (χ2v) is 2.50. The van der Waals surface area contributed by atoms with E-state index in [2.05, 4.69) is 0 Å². The van der Waals surface area contributed by atoms with E-state index in [-0.39, 0.29) is 13.2 Å². The fourth-order valence-corrected chi connectivity index (χ4v) is 0.811. The summed E-state index contributed by atoms with van der Waals surface area (Å²) in [6.45, 7) is 1.53. The molecule has 0 aliphatic carbocycles. The first-order valence-corrected chi connectivity index (χ1v) is 3.34. The maximum atomic E-state index is 10.7. The fourth-order valence-electron chi connectivity index (χ4n) is 0.685. The molecule has 0 atom stereocenters. The largest absolute Gasteiger partial charge is 0.295 e. The minimum atomic E-state index is 0. The van der Waals surface area contributed by atoms with Crippen LogP contribution in [-0.4, -0.2) is 5.78 Å². The number of halogens is 1. The molecule has 1 aromatic rings. The molecule has 1 aromatic carbocycles. The van der Waals surface area contributed by atoms with Crippen LogP contribution in [0, 0.1) is 0 Å². The molecule has 0 N–H and O–H groups in total. The van der Waals surface area contributed by atoms with Gasteiger partial charge < -0.3 is 0 Å². The molecule has 0 aromatic heterocycles. The van der Waals surface area contributed by atoms with Crippen molar-refractivity contribution in [2.45, 2.75) is 14.4 Å². The summed E-state index contributed by atoms with van der Waals surface area (Å²) in [5, 5.41) is 0.657. The number of ketones is 1. The molecular formula is C9H11ClO. The third-order valence-corrected chi connectivity index (χ3v) is 1.50. The number of carbonyl (C=O) groups is 1. The predicted octanol–water partition coefficient (Wildman–Crippen LogP) is 3.18. The molecule has 2 heteroatoms. The highest BCUT2D eigenvalue weighted by Gasteiger charge is 1.95. The molecule has 60 valence electrons. The summed E-state index contributed by atoms with van der Waals surface area (Å²) in [5.41, 5.74) is 0.699. The summed E-state index contributed by atoms with van der Waals surface area (Å²) >= 11 is 5.61. The first kappa shape index (κ1) is 10.2. The number of rotatable bonds is 1. The molecule has 0 heterocycles. The zero-order valence-electron chi connectivity index (χ0n) is 5.60. The van der Waals surface area contributed by atoms with E-state index in [4.69, 9.17) is 11.6 Å². The summed E-state index contributed by atoms with van der Waals surface area (Å²) < 4.78 is 0. The third-order valence-electron chi connectivity index (χ3n) is 1.25. The van der Waals surface area contributed by atoms with Gasteiger partial charge in [0.15, 0.2) is 5.78 Å². The number of hydrogen-bond donors (Lipinski definition) is 0. The van der Waals surface area contributed by atoms with E-state index in [1.54, 1.807) is 24.3 Å². The number of benzene rings is 1. The van der Waals surface area contributed by atoms with E-state index in [9.17, 15) is 4.79 Å². The van der Waals surface area contributed by atoms with E-state index in [1.807, 2.05) is 0 Å². The molecule has 0 aliphatic heterocycles. The van der Waals surface area contributed by atoms with Crippen molar-refractivity contribution in [3.63, 3.8) is 0 Å². The number of Topliss-reactive ketones (excluding diaryl/α,β-unsaturated/α-hetero) is 1. The van der Waals surface area contributed by atoms with Gasteiger partial charge >= 0.3 is 0 Å². The molecule has 0 radical (unpaired) electrons. The Morgan fingerprint density at radius 1 is 1.27 bits per heavy atom. The third kappa shape index (κ3) is 2.72. The molecule has 0 saturated heterocycles. The normalized spacial score (nSPS) is 8.55. The zero-order valence-corrected chi connectivity index (χ0v) is 6.35. The van der Waals surface area contributed by atoms with Gasteiger partial charge in [0.05, 0.1) is 0 Å². The van der Waals surface area contributed by atoms with Crippen LogP contribution in [0.15, 0.2) is 24.3 Å². The van der Waals surface area contributed by atoms with Gasteiger partial charge in [-0.15, -0.1) is 0 Å². The van der Waals surface area contributed by atoms with Gasteiger partial charge in [0.2, 0.25) is 0 Å². The second-order valence-electron chi connectivity index (χ2n) is 2.06. The Morgan fingerprint density at radius 2 is 1.73 bits per heavy atom. The van der Waals surface area contributed by atoms with Crippen LogP contribution in [0.3, 0.4) is 0 Å². The van der Waals surface area contributed by atoms with E-state index in [0.29, 0.717) is 10.6 Å². The van der Waals surface area contributed by atoms with E-state index in [0.717, 1.165) is 0 Å². The maximum absolute atomic E-state index is 10.7. The molecule has 0 aliphatic rings. The van der Waals surface area contributed by atoms with Crippen molar-refractivity contribution in [3.8, 4) is 0 Å². The van der Waals surface area contributed by atoms with E-state index >= 15 is 0 Å². The predicted molar refractivity (Wildman–Crippen MR) is 48.2 cm³/mol. The van der Waals surface area contributed by atoms with Crippen LogP contribution in [0.2, 0.25) is 5.02 Å². The lowest BCUT2D eigenvalue weighted by molar-refractivity contribution is 0.101. The molecule has 0 saturated carbocycles. The smallest absolute Gasteiger partial charge is 0.159 e. The fraction of sp³-hybridized carbons (Fsp3) is 0.222. The Labute approximate surface area is 72.0 Å². The standard InChI is InChI=1S/C8H7ClO.CH4/c1-6(10)7-2-4-8(9)5-3-7;/h2-5H,1H3;1H4. The second kappa shape index (κ2) is 4.14. The molecule has 0 amide bonds. The molecular weight excluding hydrogens is 160 g/mol. The molecule has 1 rings (SSSR count). The van der Waals surface area contributed by atoms with E-state index < -0.39 is 0 Å². The highest BCUT2D eigenvalue weighted by Crippen LogP contribution is 2.09. The van der Waals surface area contributed by atoms with Gasteiger partial charge in [-0.05, 0) is 31.2 Å². The summed E-state index contributed by atoms with van der Waals surface area (Å²) in [6.07, 6.45) is 0. The Balaban J connectivity index is 0.000001000. The highest BCUT2D eigenvalue weighted by molar-refractivity contribution is 6.30. The van der Waals surface area contributed by atoms with Crippen LogP contribution in [-0.2, 0) is 0 Å². The van der Waals surface area contributed by atoms with Gasteiger partial charge in [-0.1, -0.05) is 19.0 Å². The topological polar surface area (TPSA) is 17.1 Å². The minimum absolute atomic E-state index is 0. The van der Waals surface area contributed by atoms with Gasteiger partial charge in [0.25, 0.3) is 0 Å². The molecule has 0 fully saturated rings. The van der Waals surface area contributed by atoms with Crippen molar-refractivity contribution in [2.75, 3.05) is 0 Å². The van der Waals surface area contributed by atoms with Crippen LogP contribution in [0.4, 0.5) is 0 Å². The van der Waals surface area contributed by atoms with Gasteiger partial charge in [-0.25, -0.2) is 0 Å². The van der Waals surface area contributed by atoms with Crippen molar-refractivity contribution in [3.05, 3.63) is 34.9 Å². The monoisotopic (exact) mass is 170 g/mol. The van der Waals surface area contributed by atoms with E-state index in [1.165, 1.54) is 6.92 Å². The Hall–Kier alpha value is -0.820. The summed E-state index contributed by atoms with van der Waals surface area (Å²) in [7, 11) is 0. The molecule has 1 nitrogen and oxygen atoms in total. The van der Waals surface area contributed by atoms with Gasteiger partial charge in [0, 0.05) is 10.6 Å². The molecule has 0 bridgehead atoms. The van der Waals surface area contributed by atoms with Crippen molar-refractivity contribution < 1.29 is 4.79 Å². The summed E-state index contributed by atoms with van der Waals surface area (Å²) in [5.74, 6) is 0.0664.